The van der Waals surface area contributed by atoms with Crippen LogP contribution in [-0.4, -0.2) is 7.05 Å². The van der Waals surface area contributed by atoms with Crippen LogP contribution in [0.3, 0.4) is 0 Å². The molecule has 0 unspecified atom stereocenters. The number of nitrogens with one attached hydrogen (secondary N) is 1. The van der Waals surface area contributed by atoms with Gasteiger partial charge in [0.05, 0.1) is 0 Å². The van der Waals surface area contributed by atoms with E-state index in [0.29, 0.717) is 0 Å². The molecule has 1 nitrogen and oxygen atoms in total. The van der Waals surface area contributed by atoms with Gasteiger partial charge in [-0.25, -0.2) is 0 Å². The van der Waals surface area contributed by atoms with Gasteiger partial charge < -0.3 is 5.32 Å². The van der Waals surface area contributed by atoms with Gasteiger partial charge in [-0.15, -0.1) is 0 Å². The molecule has 2 rings (SSSR count). The van der Waals surface area contributed by atoms with Crippen LogP contribution in [0.15, 0.2) is 30.3 Å². The van der Waals surface area contributed by atoms with Crippen molar-refractivity contribution in [3.8, 4) is 11.1 Å². The van der Waals surface area contributed by atoms with Gasteiger partial charge in [-0.2, -0.15) is 0 Å². The minimum absolute atomic E-state index is 0.914. The molecule has 2 aromatic carbocycles. The number of hydrogen-bond acceptors (Lipinski definition) is 1. The van der Waals surface area contributed by atoms with E-state index < -0.39 is 0 Å². The second-order valence-electron chi connectivity index (χ2n) is 5.43. The van der Waals surface area contributed by atoms with Crippen LogP contribution in [0.1, 0.15) is 27.8 Å². The summed E-state index contributed by atoms with van der Waals surface area (Å²) in [5.74, 6) is 0. The molecule has 1 heteroatoms. The monoisotopic (exact) mass is 253 g/mol. The first-order chi connectivity index (χ1) is 9.02. The lowest BCUT2D eigenvalue weighted by Crippen LogP contribution is -2.05. The minimum atomic E-state index is 0.914. The average Bonchev–Trinajstić information content (AvgIpc) is 2.37. The van der Waals surface area contributed by atoms with E-state index in [1.165, 1.54) is 38.9 Å². The zero-order valence-electron chi connectivity index (χ0n) is 12.6. The number of hydrogen-bond donors (Lipinski definition) is 1. The van der Waals surface area contributed by atoms with Crippen LogP contribution < -0.4 is 5.32 Å². The standard InChI is InChI=1S/C18H23N/c1-12-6-7-16(11-19-5)10-18(12)17-9-14(3)13(2)8-15(17)4/h6-10,19H,11H2,1-5H3. The van der Waals surface area contributed by atoms with Crippen molar-refractivity contribution in [3.63, 3.8) is 0 Å². The Morgan fingerprint density at radius 2 is 1.37 bits per heavy atom. The summed E-state index contributed by atoms with van der Waals surface area (Å²) in [4.78, 5) is 0. The lowest BCUT2D eigenvalue weighted by Gasteiger charge is -2.14. The zero-order valence-corrected chi connectivity index (χ0v) is 12.6. The molecule has 0 spiro atoms. The SMILES string of the molecule is CNCc1ccc(C)c(-c2cc(C)c(C)cc2C)c1. The predicted molar refractivity (Wildman–Crippen MR) is 83.6 cm³/mol. The predicted octanol–water partition coefficient (Wildman–Crippen LogP) is 4.31. The third-order valence-electron chi connectivity index (χ3n) is 3.81. The quantitative estimate of drug-likeness (QED) is 0.859. The van der Waals surface area contributed by atoms with Crippen LogP contribution >= 0.6 is 0 Å². The summed E-state index contributed by atoms with van der Waals surface area (Å²) in [5.41, 5.74) is 9.47. The molecule has 0 aliphatic carbocycles. The van der Waals surface area contributed by atoms with Gasteiger partial charge in [-0.05, 0) is 79.8 Å². The van der Waals surface area contributed by atoms with E-state index in [0.717, 1.165) is 6.54 Å². The average molecular weight is 253 g/mol. The van der Waals surface area contributed by atoms with E-state index in [1.807, 2.05) is 7.05 Å². The Kier molecular flexibility index (Phi) is 4.06. The first kappa shape index (κ1) is 13.8. The normalized spacial score (nSPS) is 10.8. The van der Waals surface area contributed by atoms with Crippen molar-refractivity contribution in [1.29, 1.82) is 0 Å². The Hall–Kier alpha value is -1.60. The van der Waals surface area contributed by atoms with E-state index in [9.17, 15) is 0 Å². The molecular formula is C18H23N. The highest BCUT2D eigenvalue weighted by molar-refractivity contribution is 5.72. The van der Waals surface area contributed by atoms with Crippen LogP contribution in [0.2, 0.25) is 0 Å². The zero-order chi connectivity index (χ0) is 14.0. The number of rotatable bonds is 3. The Balaban J connectivity index is 2.57. The molecule has 0 amide bonds. The molecule has 0 saturated heterocycles. The molecule has 0 bridgehead atoms. The van der Waals surface area contributed by atoms with Crippen molar-refractivity contribution < 1.29 is 0 Å². The number of aryl methyl sites for hydroxylation is 4. The lowest BCUT2D eigenvalue weighted by molar-refractivity contribution is 0.818. The Morgan fingerprint density at radius 1 is 0.737 bits per heavy atom. The summed E-state index contributed by atoms with van der Waals surface area (Å²) in [5, 5.41) is 3.22. The summed E-state index contributed by atoms with van der Waals surface area (Å²) < 4.78 is 0. The molecule has 19 heavy (non-hydrogen) atoms. The molecule has 0 saturated carbocycles. The molecular weight excluding hydrogens is 230 g/mol. The summed E-state index contributed by atoms with van der Waals surface area (Å²) in [6, 6.07) is 11.3. The molecule has 0 fully saturated rings. The van der Waals surface area contributed by atoms with E-state index in [1.54, 1.807) is 0 Å². The number of benzene rings is 2. The van der Waals surface area contributed by atoms with E-state index in [-0.39, 0.29) is 0 Å². The van der Waals surface area contributed by atoms with Crippen LogP contribution in [0.25, 0.3) is 11.1 Å². The van der Waals surface area contributed by atoms with Crippen LogP contribution in [0, 0.1) is 27.7 Å². The Morgan fingerprint density at radius 3 is 2.05 bits per heavy atom. The van der Waals surface area contributed by atoms with Gasteiger partial charge in [-0.3, -0.25) is 0 Å². The van der Waals surface area contributed by atoms with Crippen LogP contribution in [0.5, 0.6) is 0 Å². The highest BCUT2D eigenvalue weighted by Crippen LogP contribution is 2.29. The minimum Gasteiger partial charge on any atom is -0.316 e. The highest BCUT2D eigenvalue weighted by Gasteiger charge is 2.08. The highest BCUT2D eigenvalue weighted by atomic mass is 14.8. The fourth-order valence-electron chi connectivity index (χ4n) is 2.52. The van der Waals surface area contributed by atoms with E-state index >= 15 is 0 Å². The second kappa shape index (κ2) is 5.58. The fraction of sp³-hybridized carbons (Fsp3) is 0.333. The molecule has 100 valence electrons. The first-order valence-electron chi connectivity index (χ1n) is 6.85. The third kappa shape index (κ3) is 2.87. The van der Waals surface area contributed by atoms with Crippen molar-refractivity contribution in [2.24, 2.45) is 0 Å². The van der Waals surface area contributed by atoms with Gasteiger partial charge >= 0.3 is 0 Å². The molecule has 0 radical (unpaired) electrons. The van der Waals surface area contributed by atoms with Gasteiger partial charge in [0.2, 0.25) is 0 Å². The van der Waals surface area contributed by atoms with Crippen molar-refractivity contribution >= 4 is 0 Å². The fourth-order valence-corrected chi connectivity index (χ4v) is 2.52. The van der Waals surface area contributed by atoms with Crippen molar-refractivity contribution in [2.75, 3.05) is 7.05 Å². The van der Waals surface area contributed by atoms with Crippen LogP contribution in [0.4, 0.5) is 0 Å². The second-order valence-corrected chi connectivity index (χ2v) is 5.43. The van der Waals surface area contributed by atoms with Gasteiger partial charge in [0.15, 0.2) is 0 Å². The van der Waals surface area contributed by atoms with Gasteiger partial charge in [0, 0.05) is 6.54 Å². The first-order valence-corrected chi connectivity index (χ1v) is 6.85. The summed E-state index contributed by atoms with van der Waals surface area (Å²) in [6.45, 7) is 9.66. The summed E-state index contributed by atoms with van der Waals surface area (Å²) in [6.07, 6.45) is 0. The smallest absolute Gasteiger partial charge is 0.0202 e. The van der Waals surface area contributed by atoms with E-state index in [2.05, 4.69) is 63.3 Å². The molecule has 1 N–H and O–H groups in total. The summed E-state index contributed by atoms with van der Waals surface area (Å²) >= 11 is 0. The van der Waals surface area contributed by atoms with Crippen molar-refractivity contribution in [1.82, 2.24) is 5.32 Å². The maximum atomic E-state index is 3.22. The molecule has 2 aromatic rings. The largest absolute Gasteiger partial charge is 0.316 e. The van der Waals surface area contributed by atoms with Crippen LogP contribution in [-0.2, 0) is 6.54 Å². The Bertz CT molecular complexity index is 597. The Labute approximate surface area is 116 Å². The van der Waals surface area contributed by atoms with Crippen molar-refractivity contribution in [3.05, 3.63) is 58.1 Å². The lowest BCUT2D eigenvalue weighted by atomic mass is 9.92. The molecule has 0 atom stereocenters. The maximum absolute atomic E-state index is 3.22. The van der Waals surface area contributed by atoms with Crippen molar-refractivity contribution in [2.45, 2.75) is 34.2 Å². The molecule has 0 aromatic heterocycles. The topological polar surface area (TPSA) is 12.0 Å². The summed E-state index contributed by atoms with van der Waals surface area (Å²) in [7, 11) is 1.99. The van der Waals surface area contributed by atoms with Gasteiger partial charge in [0.25, 0.3) is 0 Å². The molecule has 0 aliphatic rings. The van der Waals surface area contributed by atoms with Gasteiger partial charge in [0.1, 0.15) is 0 Å². The molecule has 0 heterocycles. The maximum Gasteiger partial charge on any atom is 0.0202 e. The third-order valence-corrected chi connectivity index (χ3v) is 3.81. The molecule has 0 aliphatic heterocycles. The van der Waals surface area contributed by atoms with E-state index in [4.69, 9.17) is 0 Å². The van der Waals surface area contributed by atoms with Gasteiger partial charge in [-0.1, -0.05) is 24.3 Å².